The van der Waals surface area contributed by atoms with E-state index in [4.69, 9.17) is 0 Å². The highest BCUT2D eigenvalue weighted by atomic mass is 15.2. The molecule has 1 saturated heterocycles. The van der Waals surface area contributed by atoms with Crippen LogP contribution in [0.5, 0.6) is 0 Å². The Morgan fingerprint density at radius 1 is 1.29 bits per heavy atom. The zero-order valence-electron chi connectivity index (χ0n) is 10.4. The maximum absolute atomic E-state index is 3.83. The fourth-order valence-corrected chi connectivity index (χ4v) is 3.63. The van der Waals surface area contributed by atoms with E-state index in [0.29, 0.717) is 0 Å². The zero-order chi connectivity index (χ0) is 11.7. The number of rotatable bonds is 3. The van der Waals surface area contributed by atoms with Crippen molar-refractivity contribution in [3.8, 4) is 0 Å². The van der Waals surface area contributed by atoms with Crippen LogP contribution in [-0.4, -0.2) is 24.0 Å². The van der Waals surface area contributed by atoms with Gasteiger partial charge in [0.1, 0.15) is 0 Å². The number of nitrogens with zero attached hydrogens (tertiary/aromatic N) is 1. The molecule has 0 aromatic heterocycles. The summed E-state index contributed by atoms with van der Waals surface area (Å²) in [7, 11) is 0. The topological polar surface area (TPSA) is 3.24 Å². The molecule has 3 rings (SSSR count). The summed E-state index contributed by atoms with van der Waals surface area (Å²) in [4.78, 5) is 2.68. The average molecular weight is 227 g/mol. The molecule has 0 bridgehead atoms. The highest BCUT2D eigenvalue weighted by Crippen LogP contribution is 2.41. The van der Waals surface area contributed by atoms with E-state index in [1.807, 2.05) is 6.08 Å². The summed E-state index contributed by atoms with van der Waals surface area (Å²) in [6.07, 6.45) is 7.13. The van der Waals surface area contributed by atoms with E-state index in [1.54, 1.807) is 11.1 Å². The molecule has 1 aromatic carbocycles. The molecule has 0 amide bonds. The van der Waals surface area contributed by atoms with Crippen LogP contribution in [-0.2, 0) is 6.42 Å². The van der Waals surface area contributed by atoms with Crippen LogP contribution in [0.3, 0.4) is 0 Å². The van der Waals surface area contributed by atoms with Gasteiger partial charge in [0.15, 0.2) is 0 Å². The minimum atomic E-state index is 0.796. The largest absolute Gasteiger partial charge is 0.299 e. The summed E-state index contributed by atoms with van der Waals surface area (Å²) in [6, 6.07) is 9.85. The second-order valence-electron chi connectivity index (χ2n) is 5.31. The molecule has 17 heavy (non-hydrogen) atoms. The van der Waals surface area contributed by atoms with Crippen molar-refractivity contribution in [2.45, 2.75) is 37.6 Å². The Kier molecular flexibility index (Phi) is 3.02. The van der Waals surface area contributed by atoms with Gasteiger partial charge in [0.2, 0.25) is 0 Å². The first-order valence-electron chi connectivity index (χ1n) is 6.83. The molecule has 0 N–H and O–H groups in total. The van der Waals surface area contributed by atoms with Gasteiger partial charge in [0, 0.05) is 18.5 Å². The van der Waals surface area contributed by atoms with Crippen LogP contribution in [0.4, 0.5) is 0 Å². The minimum absolute atomic E-state index is 0.796. The van der Waals surface area contributed by atoms with Crippen molar-refractivity contribution in [2.24, 2.45) is 0 Å². The number of hydrogen-bond acceptors (Lipinski definition) is 1. The van der Waals surface area contributed by atoms with Crippen molar-refractivity contribution in [3.05, 3.63) is 48.0 Å². The third kappa shape index (κ3) is 1.93. The molecular weight excluding hydrogens is 206 g/mol. The van der Waals surface area contributed by atoms with Crippen molar-refractivity contribution in [3.63, 3.8) is 0 Å². The maximum Gasteiger partial charge on any atom is 0.0168 e. The first kappa shape index (κ1) is 11.0. The molecule has 2 atom stereocenters. The molecule has 1 aliphatic carbocycles. The Balaban J connectivity index is 1.81. The fraction of sp³-hybridized carbons (Fsp3) is 0.500. The highest BCUT2D eigenvalue weighted by molar-refractivity contribution is 5.35. The van der Waals surface area contributed by atoms with Crippen LogP contribution in [0.1, 0.15) is 36.3 Å². The maximum atomic E-state index is 3.83. The lowest BCUT2D eigenvalue weighted by molar-refractivity contribution is 0.231. The van der Waals surface area contributed by atoms with Crippen molar-refractivity contribution in [1.82, 2.24) is 4.90 Å². The number of benzene rings is 1. The summed E-state index contributed by atoms with van der Waals surface area (Å²) in [5.74, 6) is 0.796. The van der Waals surface area contributed by atoms with Gasteiger partial charge in [-0.25, -0.2) is 0 Å². The van der Waals surface area contributed by atoms with E-state index in [-0.39, 0.29) is 0 Å². The van der Waals surface area contributed by atoms with Crippen LogP contribution < -0.4 is 0 Å². The third-order valence-electron chi connectivity index (χ3n) is 4.45. The van der Waals surface area contributed by atoms with Gasteiger partial charge in [-0.2, -0.15) is 0 Å². The quantitative estimate of drug-likeness (QED) is 0.716. The minimum Gasteiger partial charge on any atom is -0.299 e. The van der Waals surface area contributed by atoms with E-state index in [1.165, 1.54) is 32.4 Å². The Hall–Kier alpha value is -1.08. The highest BCUT2D eigenvalue weighted by Gasteiger charge is 2.37. The zero-order valence-corrected chi connectivity index (χ0v) is 10.4. The van der Waals surface area contributed by atoms with Crippen LogP contribution in [0, 0.1) is 0 Å². The van der Waals surface area contributed by atoms with Gasteiger partial charge < -0.3 is 0 Å². The molecule has 1 heterocycles. The summed E-state index contributed by atoms with van der Waals surface area (Å²) in [6.45, 7) is 6.31. The number of fused-ring (bicyclic) bond motifs is 3. The molecule has 1 aliphatic heterocycles. The Bertz CT molecular complexity index is 410. The van der Waals surface area contributed by atoms with Gasteiger partial charge in [-0.1, -0.05) is 30.3 Å². The van der Waals surface area contributed by atoms with E-state index < -0.39 is 0 Å². The molecule has 1 fully saturated rings. The Morgan fingerprint density at radius 3 is 3.06 bits per heavy atom. The second-order valence-corrected chi connectivity index (χ2v) is 5.31. The van der Waals surface area contributed by atoms with Crippen molar-refractivity contribution < 1.29 is 0 Å². The summed E-state index contributed by atoms with van der Waals surface area (Å²) in [5.41, 5.74) is 3.23. The molecule has 1 aromatic rings. The van der Waals surface area contributed by atoms with Crippen molar-refractivity contribution in [2.75, 3.05) is 13.1 Å². The molecule has 90 valence electrons. The van der Waals surface area contributed by atoms with Crippen LogP contribution in [0.25, 0.3) is 0 Å². The number of aryl methyl sites for hydroxylation is 1. The van der Waals surface area contributed by atoms with Crippen molar-refractivity contribution in [1.29, 1.82) is 0 Å². The number of likely N-dealkylation sites (tertiary alicyclic amines) is 1. The van der Waals surface area contributed by atoms with Crippen LogP contribution in [0.2, 0.25) is 0 Å². The standard InChI is InChI=1S/C16H21N/c1-2-3-11-17-12-10-15-14-7-5-4-6-13(14)8-9-16(15)17/h2,4-7,15-16H,1,3,8-12H2/t15-,16+/m0/s1. The molecule has 0 radical (unpaired) electrons. The van der Waals surface area contributed by atoms with Gasteiger partial charge >= 0.3 is 0 Å². The molecule has 1 heteroatoms. The lowest BCUT2D eigenvalue weighted by Gasteiger charge is -2.33. The van der Waals surface area contributed by atoms with Gasteiger partial charge in [0.05, 0.1) is 0 Å². The summed E-state index contributed by atoms with van der Waals surface area (Å²) >= 11 is 0. The summed E-state index contributed by atoms with van der Waals surface area (Å²) < 4.78 is 0. The first-order valence-corrected chi connectivity index (χ1v) is 6.83. The normalized spacial score (nSPS) is 27.5. The Morgan fingerprint density at radius 2 is 2.18 bits per heavy atom. The van der Waals surface area contributed by atoms with Gasteiger partial charge in [-0.3, -0.25) is 4.90 Å². The number of hydrogen-bond donors (Lipinski definition) is 0. The first-order chi connectivity index (χ1) is 8.40. The van der Waals surface area contributed by atoms with Gasteiger partial charge in [0.25, 0.3) is 0 Å². The van der Waals surface area contributed by atoms with Crippen LogP contribution >= 0.6 is 0 Å². The molecular formula is C16H21N. The van der Waals surface area contributed by atoms with E-state index in [2.05, 4.69) is 35.7 Å². The molecule has 1 nitrogen and oxygen atoms in total. The third-order valence-corrected chi connectivity index (χ3v) is 4.45. The monoisotopic (exact) mass is 227 g/mol. The fourth-order valence-electron chi connectivity index (χ4n) is 3.63. The van der Waals surface area contributed by atoms with Crippen LogP contribution in [0.15, 0.2) is 36.9 Å². The van der Waals surface area contributed by atoms with E-state index >= 15 is 0 Å². The lowest BCUT2D eigenvalue weighted by Crippen LogP contribution is -2.35. The Labute approximate surface area is 104 Å². The predicted molar refractivity (Wildman–Crippen MR) is 72.3 cm³/mol. The predicted octanol–water partition coefficient (Wildman–Crippen LogP) is 3.37. The van der Waals surface area contributed by atoms with E-state index in [0.717, 1.165) is 18.4 Å². The van der Waals surface area contributed by atoms with E-state index in [9.17, 15) is 0 Å². The second kappa shape index (κ2) is 4.66. The smallest absolute Gasteiger partial charge is 0.0168 e. The lowest BCUT2D eigenvalue weighted by atomic mass is 9.79. The van der Waals surface area contributed by atoms with Gasteiger partial charge in [-0.05, 0) is 43.4 Å². The molecule has 0 saturated carbocycles. The molecule has 2 aliphatic rings. The molecule has 0 unspecified atom stereocenters. The van der Waals surface area contributed by atoms with Crippen molar-refractivity contribution >= 4 is 0 Å². The SMILES string of the molecule is C=CCCN1CC[C@H]2c3ccccc3CC[C@H]21. The van der Waals surface area contributed by atoms with Gasteiger partial charge in [-0.15, -0.1) is 6.58 Å². The molecule has 0 spiro atoms. The average Bonchev–Trinajstić information content (AvgIpc) is 2.80. The summed E-state index contributed by atoms with van der Waals surface area (Å²) in [5, 5.41) is 0.